The summed E-state index contributed by atoms with van der Waals surface area (Å²) in [5, 5.41) is 14.5. The molecule has 1 saturated carbocycles. The van der Waals surface area contributed by atoms with E-state index >= 15 is 0 Å². The fourth-order valence-electron chi connectivity index (χ4n) is 2.22. The van der Waals surface area contributed by atoms with Crippen molar-refractivity contribution in [2.75, 3.05) is 6.54 Å². The molecule has 1 aliphatic rings. The molecule has 1 aliphatic carbocycles. The summed E-state index contributed by atoms with van der Waals surface area (Å²) in [6, 6.07) is 11.4. The molecule has 3 rings (SSSR count). The van der Waals surface area contributed by atoms with Crippen LogP contribution in [0.5, 0.6) is 0 Å². The van der Waals surface area contributed by atoms with Crippen molar-refractivity contribution in [2.45, 2.75) is 44.6 Å². The molecular weight excluding hydrogens is 266 g/mol. The van der Waals surface area contributed by atoms with Gasteiger partial charge >= 0.3 is 0 Å². The van der Waals surface area contributed by atoms with Crippen LogP contribution in [0, 0.1) is 0 Å². The molecule has 3 nitrogen and oxygen atoms in total. The molecule has 0 radical (unpaired) electrons. The highest BCUT2D eigenvalue weighted by atomic mass is 32.1. The van der Waals surface area contributed by atoms with Gasteiger partial charge in [-0.3, -0.25) is 0 Å². The van der Waals surface area contributed by atoms with Crippen molar-refractivity contribution in [1.29, 1.82) is 0 Å². The van der Waals surface area contributed by atoms with Gasteiger partial charge in [-0.15, -0.1) is 21.5 Å². The quantitative estimate of drug-likeness (QED) is 0.758. The number of hydrogen-bond donors (Lipinski definition) is 1. The zero-order valence-corrected chi connectivity index (χ0v) is 12.5. The Morgan fingerprint density at radius 3 is 2.50 bits per heavy atom. The highest BCUT2D eigenvalue weighted by Gasteiger charge is 2.19. The zero-order valence-electron chi connectivity index (χ0n) is 11.7. The number of benzene rings is 1. The monoisotopic (exact) mass is 287 g/mol. The highest BCUT2D eigenvalue weighted by Crippen LogP contribution is 2.19. The first-order chi connectivity index (χ1) is 9.90. The Morgan fingerprint density at radius 2 is 1.75 bits per heavy atom. The number of aryl methyl sites for hydroxylation is 3. The SMILES string of the molecule is c1ccc(CCc2nnc(CCCNC3CC3)s2)cc1. The minimum Gasteiger partial charge on any atom is -0.314 e. The highest BCUT2D eigenvalue weighted by molar-refractivity contribution is 7.11. The van der Waals surface area contributed by atoms with E-state index in [1.807, 2.05) is 0 Å². The van der Waals surface area contributed by atoms with Crippen LogP contribution in [0.15, 0.2) is 30.3 Å². The Labute approximate surface area is 124 Å². The van der Waals surface area contributed by atoms with Crippen molar-refractivity contribution in [3.63, 3.8) is 0 Å². The predicted molar refractivity (Wildman–Crippen MR) is 83.1 cm³/mol. The second-order valence-electron chi connectivity index (χ2n) is 5.41. The van der Waals surface area contributed by atoms with Gasteiger partial charge in [0.15, 0.2) is 0 Å². The zero-order chi connectivity index (χ0) is 13.6. The van der Waals surface area contributed by atoms with Gasteiger partial charge in [-0.2, -0.15) is 0 Å². The van der Waals surface area contributed by atoms with E-state index < -0.39 is 0 Å². The van der Waals surface area contributed by atoms with Crippen molar-refractivity contribution in [3.8, 4) is 0 Å². The molecule has 1 heterocycles. The van der Waals surface area contributed by atoms with Crippen LogP contribution in [0.2, 0.25) is 0 Å². The summed E-state index contributed by atoms with van der Waals surface area (Å²) in [4.78, 5) is 0. The molecule has 0 atom stereocenters. The molecule has 0 unspecified atom stereocenters. The molecule has 0 saturated heterocycles. The molecule has 1 N–H and O–H groups in total. The number of nitrogens with zero attached hydrogens (tertiary/aromatic N) is 2. The van der Waals surface area contributed by atoms with Crippen LogP contribution in [0.1, 0.15) is 34.8 Å². The summed E-state index contributed by atoms with van der Waals surface area (Å²) in [5.41, 5.74) is 1.37. The van der Waals surface area contributed by atoms with Crippen molar-refractivity contribution < 1.29 is 0 Å². The Morgan fingerprint density at radius 1 is 1.00 bits per heavy atom. The number of hydrogen-bond acceptors (Lipinski definition) is 4. The van der Waals surface area contributed by atoms with E-state index in [4.69, 9.17) is 0 Å². The van der Waals surface area contributed by atoms with Crippen molar-refractivity contribution >= 4 is 11.3 Å². The molecule has 0 bridgehead atoms. The summed E-state index contributed by atoms with van der Waals surface area (Å²) >= 11 is 1.78. The van der Waals surface area contributed by atoms with Gasteiger partial charge in [-0.25, -0.2) is 0 Å². The largest absolute Gasteiger partial charge is 0.314 e. The van der Waals surface area contributed by atoms with Gasteiger partial charge in [0.05, 0.1) is 0 Å². The van der Waals surface area contributed by atoms with Crippen LogP contribution in [-0.4, -0.2) is 22.8 Å². The molecule has 0 spiro atoms. The first-order valence-corrected chi connectivity index (χ1v) is 8.30. The minimum atomic E-state index is 0.811. The summed E-state index contributed by atoms with van der Waals surface area (Å²) in [5.74, 6) is 0. The first kappa shape index (κ1) is 13.7. The lowest BCUT2D eigenvalue weighted by Crippen LogP contribution is -2.17. The minimum absolute atomic E-state index is 0.811. The molecule has 2 aromatic rings. The third-order valence-corrected chi connectivity index (χ3v) is 4.60. The fraction of sp³-hybridized carbons (Fsp3) is 0.500. The molecule has 0 amide bonds. The Balaban J connectivity index is 1.39. The first-order valence-electron chi connectivity index (χ1n) is 7.49. The smallest absolute Gasteiger partial charge is 0.117 e. The van der Waals surface area contributed by atoms with Crippen LogP contribution in [0.4, 0.5) is 0 Å². The van der Waals surface area contributed by atoms with Crippen molar-refractivity contribution in [1.82, 2.24) is 15.5 Å². The summed E-state index contributed by atoms with van der Waals surface area (Å²) in [6.07, 6.45) is 7.01. The topological polar surface area (TPSA) is 37.8 Å². The van der Waals surface area contributed by atoms with E-state index in [0.717, 1.165) is 31.8 Å². The summed E-state index contributed by atoms with van der Waals surface area (Å²) < 4.78 is 0. The lowest BCUT2D eigenvalue weighted by molar-refractivity contribution is 0.642. The molecule has 4 heteroatoms. The maximum absolute atomic E-state index is 4.31. The van der Waals surface area contributed by atoms with Crippen molar-refractivity contribution in [2.24, 2.45) is 0 Å². The lowest BCUT2D eigenvalue weighted by Gasteiger charge is -1.99. The van der Waals surface area contributed by atoms with Gasteiger partial charge in [0.2, 0.25) is 0 Å². The standard InChI is InChI=1S/C16H21N3S/c1-2-5-13(6-3-1)8-11-16-19-18-15(20-16)7-4-12-17-14-9-10-14/h1-3,5-6,14,17H,4,7-12H2. The van der Waals surface area contributed by atoms with Crippen LogP contribution in [-0.2, 0) is 19.3 Å². The van der Waals surface area contributed by atoms with E-state index in [1.54, 1.807) is 11.3 Å². The molecule has 20 heavy (non-hydrogen) atoms. The second kappa shape index (κ2) is 6.95. The van der Waals surface area contributed by atoms with Gasteiger partial charge in [0.1, 0.15) is 10.0 Å². The van der Waals surface area contributed by atoms with Gasteiger partial charge in [-0.1, -0.05) is 30.3 Å². The van der Waals surface area contributed by atoms with E-state index in [2.05, 4.69) is 45.8 Å². The van der Waals surface area contributed by atoms with Gasteiger partial charge in [-0.05, 0) is 37.8 Å². The average molecular weight is 287 g/mol. The van der Waals surface area contributed by atoms with Gasteiger partial charge in [0.25, 0.3) is 0 Å². The second-order valence-corrected chi connectivity index (χ2v) is 6.55. The van der Waals surface area contributed by atoms with Gasteiger partial charge in [0, 0.05) is 18.9 Å². The van der Waals surface area contributed by atoms with E-state index in [9.17, 15) is 0 Å². The Bertz CT molecular complexity index is 520. The van der Waals surface area contributed by atoms with E-state index in [-0.39, 0.29) is 0 Å². The summed E-state index contributed by atoms with van der Waals surface area (Å²) in [7, 11) is 0. The molecule has 106 valence electrons. The van der Waals surface area contributed by atoms with Crippen LogP contribution < -0.4 is 5.32 Å². The van der Waals surface area contributed by atoms with Crippen molar-refractivity contribution in [3.05, 3.63) is 45.9 Å². The van der Waals surface area contributed by atoms with Gasteiger partial charge < -0.3 is 5.32 Å². The van der Waals surface area contributed by atoms with Crippen LogP contribution >= 0.6 is 11.3 Å². The molecule has 1 aromatic carbocycles. The normalized spacial score (nSPS) is 14.6. The predicted octanol–water partition coefficient (Wildman–Crippen LogP) is 3.01. The third-order valence-electron chi connectivity index (χ3n) is 3.56. The number of nitrogens with one attached hydrogen (secondary N) is 1. The maximum Gasteiger partial charge on any atom is 0.117 e. The van der Waals surface area contributed by atoms with Crippen LogP contribution in [0.3, 0.4) is 0 Å². The Kier molecular flexibility index (Phi) is 4.77. The maximum atomic E-state index is 4.31. The summed E-state index contributed by atoms with van der Waals surface area (Å²) in [6.45, 7) is 1.11. The van der Waals surface area contributed by atoms with E-state index in [0.29, 0.717) is 0 Å². The number of rotatable bonds is 8. The molecular formula is C16H21N3S. The average Bonchev–Trinajstić information content (AvgIpc) is 3.21. The van der Waals surface area contributed by atoms with Crippen LogP contribution in [0.25, 0.3) is 0 Å². The third kappa shape index (κ3) is 4.39. The molecule has 1 aromatic heterocycles. The number of aromatic nitrogens is 2. The van der Waals surface area contributed by atoms with E-state index in [1.165, 1.54) is 34.8 Å². The fourth-order valence-corrected chi connectivity index (χ4v) is 3.11. The lowest BCUT2D eigenvalue weighted by atomic mass is 10.1. The molecule has 0 aliphatic heterocycles. The molecule has 1 fully saturated rings. The Hall–Kier alpha value is -1.26.